The third-order valence-corrected chi connectivity index (χ3v) is 1.25. The Morgan fingerprint density at radius 3 is 1.94 bits per heavy atom. The molecule has 4 nitrogen and oxygen atoms in total. The van der Waals surface area contributed by atoms with E-state index in [1.807, 2.05) is 6.92 Å². The normalized spacial score (nSPS) is 10.2. The molecule has 1 N–H and O–H groups in total. The van der Waals surface area contributed by atoms with Gasteiger partial charge < -0.3 is 14.6 Å². The van der Waals surface area contributed by atoms with Gasteiger partial charge in [0.1, 0.15) is 6.61 Å². The molecule has 0 fully saturated rings. The SMILES string of the molecule is CCCO.CCCOC(=O)OCCC(F)(F)F. The van der Waals surface area contributed by atoms with Crippen molar-refractivity contribution >= 4 is 6.16 Å². The predicted molar refractivity (Wildman–Crippen MR) is 55.6 cm³/mol. The Balaban J connectivity index is 0. The molecule has 0 heterocycles. The van der Waals surface area contributed by atoms with Crippen LogP contribution < -0.4 is 0 Å². The number of alkyl halides is 3. The van der Waals surface area contributed by atoms with Crippen LogP contribution >= 0.6 is 0 Å². The molecule has 0 aromatic carbocycles. The largest absolute Gasteiger partial charge is 0.508 e. The number of hydrogen-bond donors (Lipinski definition) is 1. The monoisotopic (exact) mass is 260 g/mol. The summed E-state index contributed by atoms with van der Waals surface area (Å²) in [5.41, 5.74) is 0. The van der Waals surface area contributed by atoms with Crippen molar-refractivity contribution in [3.05, 3.63) is 0 Å². The molecule has 0 bridgehead atoms. The Morgan fingerprint density at radius 1 is 1.12 bits per heavy atom. The van der Waals surface area contributed by atoms with Crippen LogP contribution in [0.4, 0.5) is 18.0 Å². The number of carbonyl (C=O) groups is 1. The Kier molecular flexibility index (Phi) is 12.4. The highest BCUT2D eigenvalue weighted by Crippen LogP contribution is 2.18. The molecular formula is C10H19F3O4. The van der Waals surface area contributed by atoms with Crippen LogP contribution in [0.5, 0.6) is 0 Å². The standard InChI is InChI=1S/C7H11F3O3.C3H8O/c1-2-4-12-6(11)13-5-3-7(8,9)10;1-2-3-4/h2-5H2,1H3;4H,2-3H2,1H3. The molecule has 0 saturated carbocycles. The molecule has 0 radical (unpaired) electrons. The number of aliphatic hydroxyl groups is 1. The fourth-order valence-electron chi connectivity index (χ4n) is 0.477. The van der Waals surface area contributed by atoms with Crippen LogP contribution in [-0.4, -0.2) is 37.3 Å². The van der Waals surface area contributed by atoms with Crippen LogP contribution in [0, 0.1) is 0 Å². The van der Waals surface area contributed by atoms with E-state index in [1.54, 1.807) is 6.92 Å². The molecule has 0 spiro atoms. The maximum atomic E-state index is 11.5. The molecule has 0 saturated heterocycles. The third kappa shape index (κ3) is 21.0. The zero-order valence-corrected chi connectivity index (χ0v) is 10.0. The van der Waals surface area contributed by atoms with E-state index >= 15 is 0 Å². The fraction of sp³-hybridized carbons (Fsp3) is 0.900. The lowest BCUT2D eigenvalue weighted by Crippen LogP contribution is -2.15. The van der Waals surface area contributed by atoms with Crippen molar-refractivity contribution in [1.29, 1.82) is 0 Å². The third-order valence-electron chi connectivity index (χ3n) is 1.25. The van der Waals surface area contributed by atoms with Crippen molar-refractivity contribution in [2.45, 2.75) is 39.3 Å². The Morgan fingerprint density at radius 2 is 1.59 bits per heavy atom. The van der Waals surface area contributed by atoms with E-state index in [4.69, 9.17) is 5.11 Å². The number of hydrogen-bond acceptors (Lipinski definition) is 4. The fourth-order valence-corrected chi connectivity index (χ4v) is 0.477. The maximum Gasteiger partial charge on any atom is 0.508 e. The summed E-state index contributed by atoms with van der Waals surface area (Å²) in [6.45, 7) is 3.49. The van der Waals surface area contributed by atoms with E-state index < -0.39 is 25.4 Å². The maximum absolute atomic E-state index is 11.5. The van der Waals surface area contributed by atoms with Gasteiger partial charge in [0, 0.05) is 6.61 Å². The van der Waals surface area contributed by atoms with Crippen LogP contribution in [0.3, 0.4) is 0 Å². The van der Waals surface area contributed by atoms with Gasteiger partial charge in [-0.2, -0.15) is 13.2 Å². The van der Waals surface area contributed by atoms with Gasteiger partial charge in [-0.1, -0.05) is 13.8 Å². The van der Waals surface area contributed by atoms with E-state index in [-0.39, 0.29) is 6.61 Å². The zero-order valence-electron chi connectivity index (χ0n) is 10.0. The Bertz CT molecular complexity index is 181. The second-order valence-electron chi connectivity index (χ2n) is 3.04. The lowest BCUT2D eigenvalue weighted by atomic mass is 10.4. The summed E-state index contributed by atoms with van der Waals surface area (Å²) in [4.78, 5) is 10.5. The van der Waals surface area contributed by atoms with E-state index in [1.165, 1.54) is 0 Å². The van der Waals surface area contributed by atoms with Crippen molar-refractivity contribution in [3.63, 3.8) is 0 Å². The van der Waals surface area contributed by atoms with Gasteiger partial charge >= 0.3 is 12.3 Å². The summed E-state index contributed by atoms with van der Waals surface area (Å²) in [5.74, 6) is 0. The number of rotatable bonds is 5. The van der Waals surface area contributed by atoms with Crippen LogP contribution in [-0.2, 0) is 9.47 Å². The highest BCUT2D eigenvalue weighted by molar-refractivity contribution is 5.59. The quantitative estimate of drug-likeness (QED) is 0.772. The van der Waals surface area contributed by atoms with Gasteiger partial charge in [0.25, 0.3) is 0 Å². The molecule has 0 aromatic rings. The van der Waals surface area contributed by atoms with Crippen molar-refractivity contribution in [1.82, 2.24) is 0 Å². The lowest BCUT2D eigenvalue weighted by Gasteiger charge is -2.07. The topological polar surface area (TPSA) is 55.8 Å². The van der Waals surface area contributed by atoms with Gasteiger partial charge in [-0.05, 0) is 12.8 Å². The van der Waals surface area contributed by atoms with Gasteiger partial charge in [-0.3, -0.25) is 0 Å². The first-order chi connectivity index (χ1) is 7.87. The van der Waals surface area contributed by atoms with E-state index in [2.05, 4.69) is 9.47 Å². The second kappa shape index (κ2) is 11.5. The summed E-state index contributed by atoms with van der Waals surface area (Å²) in [5, 5.41) is 7.88. The lowest BCUT2D eigenvalue weighted by molar-refractivity contribution is -0.142. The number of aliphatic hydroxyl groups excluding tert-OH is 1. The van der Waals surface area contributed by atoms with E-state index in [9.17, 15) is 18.0 Å². The van der Waals surface area contributed by atoms with Crippen molar-refractivity contribution in [2.24, 2.45) is 0 Å². The summed E-state index contributed by atoms with van der Waals surface area (Å²) < 4.78 is 43.1. The predicted octanol–water partition coefficient (Wildman–Crippen LogP) is 2.89. The average molecular weight is 260 g/mol. The van der Waals surface area contributed by atoms with Gasteiger partial charge in [0.15, 0.2) is 0 Å². The van der Waals surface area contributed by atoms with E-state index in [0.29, 0.717) is 13.0 Å². The number of halogens is 3. The molecule has 104 valence electrons. The van der Waals surface area contributed by atoms with Crippen molar-refractivity contribution in [3.8, 4) is 0 Å². The summed E-state index contributed by atoms with van der Waals surface area (Å²) in [6, 6.07) is 0. The Hall–Kier alpha value is -0.980. The highest BCUT2D eigenvalue weighted by atomic mass is 19.4. The Labute approximate surface area is 98.7 Å². The minimum atomic E-state index is -4.30. The summed E-state index contributed by atoms with van der Waals surface area (Å²) in [7, 11) is 0. The highest BCUT2D eigenvalue weighted by Gasteiger charge is 2.27. The molecule has 7 heteroatoms. The average Bonchev–Trinajstić information content (AvgIpc) is 2.25. The van der Waals surface area contributed by atoms with Crippen molar-refractivity contribution < 1.29 is 32.5 Å². The molecule has 0 aliphatic rings. The first-order valence-corrected chi connectivity index (χ1v) is 5.34. The molecule has 0 aliphatic carbocycles. The molecule has 0 amide bonds. The zero-order chi connectivity index (χ0) is 13.7. The van der Waals surface area contributed by atoms with Gasteiger partial charge in [-0.25, -0.2) is 4.79 Å². The first-order valence-electron chi connectivity index (χ1n) is 5.34. The van der Waals surface area contributed by atoms with Crippen LogP contribution in [0.15, 0.2) is 0 Å². The molecule has 0 aromatic heterocycles. The summed E-state index contributed by atoms with van der Waals surface area (Å²) >= 11 is 0. The minimum Gasteiger partial charge on any atom is -0.434 e. The number of carbonyl (C=O) groups excluding carboxylic acids is 1. The van der Waals surface area contributed by atoms with Gasteiger partial charge in [0.2, 0.25) is 0 Å². The second-order valence-corrected chi connectivity index (χ2v) is 3.04. The van der Waals surface area contributed by atoms with E-state index in [0.717, 1.165) is 6.42 Å². The molecule has 0 rings (SSSR count). The molecule has 0 aliphatic heterocycles. The summed E-state index contributed by atoms with van der Waals surface area (Å²) in [6.07, 6.45) is -5.01. The number of ether oxygens (including phenoxy) is 2. The van der Waals surface area contributed by atoms with Gasteiger partial charge in [-0.15, -0.1) is 0 Å². The van der Waals surface area contributed by atoms with Crippen molar-refractivity contribution in [2.75, 3.05) is 19.8 Å². The van der Waals surface area contributed by atoms with Gasteiger partial charge in [0.05, 0.1) is 13.0 Å². The first kappa shape index (κ1) is 18.4. The molecule has 17 heavy (non-hydrogen) atoms. The van der Waals surface area contributed by atoms with Crippen LogP contribution in [0.25, 0.3) is 0 Å². The molecule has 0 unspecified atom stereocenters. The minimum absolute atomic E-state index is 0.158. The molecular weight excluding hydrogens is 241 g/mol. The van der Waals surface area contributed by atoms with Crippen LogP contribution in [0.1, 0.15) is 33.1 Å². The smallest absolute Gasteiger partial charge is 0.434 e. The molecule has 0 atom stereocenters. The van der Waals surface area contributed by atoms with Crippen LogP contribution in [0.2, 0.25) is 0 Å².